The molecule has 1 heterocycles. The van der Waals surface area contributed by atoms with Gasteiger partial charge in [-0.25, -0.2) is 4.79 Å². The Hall–Kier alpha value is -3.39. The molecular weight excluding hydrogens is 420 g/mol. The maximum atomic E-state index is 12.8. The third kappa shape index (κ3) is 7.05. The molecule has 2 aromatic rings. The van der Waals surface area contributed by atoms with Gasteiger partial charge in [0.25, 0.3) is 11.8 Å². The Morgan fingerprint density at radius 3 is 2.30 bits per heavy atom. The Morgan fingerprint density at radius 1 is 1.00 bits per heavy atom. The quantitative estimate of drug-likeness (QED) is 0.625. The molecule has 3 N–H and O–H groups in total. The van der Waals surface area contributed by atoms with E-state index in [2.05, 4.69) is 16.0 Å². The average Bonchev–Trinajstić information content (AvgIpc) is 2.76. The van der Waals surface area contributed by atoms with Crippen molar-refractivity contribution < 1.29 is 19.1 Å². The van der Waals surface area contributed by atoms with Crippen LogP contribution in [-0.2, 0) is 11.3 Å². The zero-order valence-electron chi connectivity index (χ0n) is 19.6. The molecule has 2 atom stereocenters. The molecule has 1 aliphatic heterocycles. The molecule has 33 heavy (non-hydrogen) atoms. The SMILES string of the molecule is CC(C)NC(=O)Nc1cccc(C(=O)NCc2ccc(C(=O)N3CC(C)OC(C)C3)cc2)c1. The van der Waals surface area contributed by atoms with Gasteiger partial charge >= 0.3 is 6.03 Å². The Morgan fingerprint density at radius 2 is 1.67 bits per heavy atom. The van der Waals surface area contributed by atoms with E-state index in [1.165, 1.54) is 0 Å². The minimum atomic E-state index is -0.321. The molecule has 0 saturated carbocycles. The summed E-state index contributed by atoms with van der Waals surface area (Å²) in [4.78, 5) is 39.0. The summed E-state index contributed by atoms with van der Waals surface area (Å²) in [6.45, 7) is 9.15. The minimum Gasteiger partial charge on any atom is -0.372 e. The molecule has 0 spiro atoms. The molecule has 1 aliphatic rings. The number of carbonyl (C=O) groups excluding carboxylic acids is 3. The zero-order chi connectivity index (χ0) is 24.0. The lowest BCUT2D eigenvalue weighted by molar-refractivity contribution is -0.0586. The molecule has 0 aromatic heterocycles. The van der Waals surface area contributed by atoms with Crippen molar-refractivity contribution in [1.29, 1.82) is 0 Å². The van der Waals surface area contributed by atoms with Crippen LogP contribution in [0, 0.1) is 0 Å². The van der Waals surface area contributed by atoms with E-state index >= 15 is 0 Å². The highest BCUT2D eigenvalue weighted by Gasteiger charge is 2.26. The number of carbonyl (C=O) groups is 3. The lowest BCUT2D eigenvalue weighted by Crippen LogP contribution is -2.48. The summed E-state index contributed by atoms with van der Waals surface area (Å²) >= 11 is 0. The molecule has 2 aromatic carbocycles. The standard InChI is InChI=1S/C25H32N4O4/c1-16(2)27-25(32)28-22-7-5-6-21(12-22)23(30)26-13-19-8-10-20(11-9-19)24(31)29-14-17(3)33-18(4)15-29/h5-12,16-18H,13-15H2,1-4H3,(H,26,30)(H2,27,28,32). The Kier molecular flexibility index (Phi) is 8.06. The summed E-state index contributed by atoms with van der Waals surface area (Å²) < 4.78 is 5.70. The van der Waals surface area contributed by atoms with E-state index in [4.69, 9.17) is 4.74 Å². The summed E-state index contributed by atoms with van der Waals surface area (Å²) in [5.74, 6) is -0.266. The summed E-state index contributed by atoms with van der Waals surface area (Å²) in [5, 5.41) is 8.33. The number of anilines is 1. The van der Waals surface area contributed by atoms with Crippen LogP contribution in [0.1, 0.15) is 54.0 Å². The van der Waals surface area contributed by atoms with Gasteiger partial charge in [-0.2, -0.15) is 0 Å². The van der Waals surface area contributed by atoms with Crippen LogP contribution >= 0.6 is 0 Å². The van der Waals surface area contributed by atoms with Gasteiger partial charge in [0, 0.05) is 42.5 Å². The van der Waals surface area contributed by atoms with Crippen molar-refractivity contribution in [2.75, 3.05) is 18.4 Å². The van der Waals surface area contributed by atoms with Gasteiger partial charge in [-0.15, -0.1) is 0 Å². The van der Waals surface area contributed by atoms with Crippen LogP contribution in [-0.4, -0.2) is 54.1 Å². The second-order valence-electron chi connectivity index (χ2n) is 8.68. The van der Waals surface area contributed by atoms with E-state index in [1.54, 1.807) is 36.4 Å². The highest BCUT2D eigenvalue weighted by atomic mass is 16.5. The molecule has 1 saturated heterocycles. The van der Waals surface area contributed by atoms with Gasteiger partial charge in [0.05, 0.1) is 12.2 Å². The van der Waals surface area contributed by atoms with Crippen molar-refractivity contribution in [2.24, 2.45) is 0 Å². The maximum Gasteiger partial charge on any atom is 0.319 e. The molecule has 8 heteroatoms. The van der Waals surface area contributed by atoms with Crippen LogP contribution in [0.4, 0.5) is 10.5 Å². The third-order valence-corrected chi connectivity index (χ3v) is 5.16. The number of hydrogen-bond acceptors (Lipinski definition) is 4. The molecule has 0 aliphatic carbocycles. The van der Waals surface area contributed by atoms with Crippen LogP contribution in [0.15, 0.2) is 48.5 Å². The molecule has 1 fully saturated rings. The molecule has 176 valence electrons. The topological polar surface area (TPSA) is 99.8 Å². The number of morpholine rings is 1. The van der Waals surface area contributed by atoms with Gasteiger partial charge in [0.2, 0.25) is 0 Å². The van der Waals surface area contributed by atoms with Crippen LogP contribution in [0.2, 0.25) is 0 Å². The Bertz CT molecular complexity index is 980. The molecule has 3 rings (SSSR count). The van der Waals surface area contributed by atoms with Crippen LogP contribution in [0.3, 0.4) is 0 Å². The molecule has 8 nitrogen and oxygen atoms in total. The second-order valence-corrected chi connectivity index (χ2v) is 8.68. The fraction of sp³-hybridized carbons (Fsp3) is 0.400. The summed E-state index contributed by atoms with van der Waals surface area (Å²) in [6.07, 6.45) is 0.0379. The van der Waals surface area contributed by atoms with Crippen molar-refractivity contribution in [3.8, 4) is 0 Å². The first kappa shape index (κ1) is 24.3. The van der Waals surface area contributed by atoms with Crippen LogP contribution < -0.4 is 16.0 Å². The predicted octanol–water partition coefficient (Wildman–Crippen LogP) is 3.40. The van der Waals surface area contributed by atoms with Crippen LogP contribution in [0.5, 0.6) is 0 Å². The fourth-order valence-corrected chi connectivity index (χ4v) is 3.74. The number of amides is 4. The van der Waals surface area contributed by atoms with E-state index in [-0.39, 0.29) is 36.1 Å². The van der Waals surface area contributed by atoms with E-state index in [0.717, 1.165) is 5.56 Å². The Balaban J connectivity index is 1.55. The molecule has 0 bridgehead atoms. The number of hydrogen-bond donors (Lipinski definition) is 3. The highest BCUT2D eigenvalue weighted by Crippen LogP contribution is 2.15. The number of nitrogens with zero attached hydrogens (tertiary/aromatic N) is 1. The minimum absolute atomic E-state index is 0.0131. The van der Waals surface area contributed by atoms with E-state index < -0.39 is 0 Å². The fourth-order valence-electron chi connectivity index (χ4n) is 3.74. The zero-order valence-corrected chi connectivity index (χ0v) is 19.6. The largest absolute Gasteiger partial charge is 0.372 e. The van der Waals surface area contributed by atoms with Gasteiger partial charge in [0.15, 0.2) is 0 Å². The van der Waals surface area contributed by atoms with E-state index in [1.807, 2.05) is 44.7 Å². The van der Waals surface area contributed by atoms with Crippen molar-refractivity contribution >= 4 is 23.5 Å². The Labute approximate surface area is 194 Å². The van der Waals surface area contributed by atoms with Crippen molar-refractivity contribution in [3.05, 3.63) is 65.2 Å². The number of benzene rings is 2. The van der Waals surface area contributed by atoms with Crippen molar-refractivity contribution in [2.45, 2.75) is 52.5 Å². The first-order valence-corrected chi connectivity index (χ1v) is 11.2. The molecule has 0 radical (unpaired) electrons. The van der Waals surface area contributed by atoms with Crippen molar-refractivity contribution in [1.82, 2.24) is 15.5 Å². The number of rotatable bonds is 6. The normalized spacial score (nSPS) is 18.0. The molecule has 4 amide bonds. The van der Waals surface area contributed by atoms with Gasteiger partial charge in [-0.3, -0.25) is 9.59 Å². The second kappa shape index (κ2) is 11.0. The molecule has 2 unspecified atom stereocenters. The third-order valence-electron chi connectivity index (χ3n) is 5.16. The predicted molar refractivity (Wildman–Crippen MR) is 127 cm³/mol. The van der Waals surface area contributed by atoms with Crippen LogP contribution in [0.25, 0.3) is 0 Å². The van der Waals surface area contributed by atoms with Gasteiger partial charge in [-0.1, -0.05) is 18.2 Å². The smallest absolute Gasteiger partial charge is 0.319 e. The first-order valence-electron chi connectivity index (χ1n) is 11.2. The van der Waals surface area contributed by atoms with Gasteiger partial charge in [-0.05, 0) is 63.6 Å². The van der Waals surface area contributed by atoms with Crippen molar-refractivity contribution in [3.63, 3.8) is 0 Å². The van der Waals surface area contributed by atoms with E-state index in [0.29, 0.717) is 36.4 Å². The summed E-state index contributed by atoms with van der Waals surface area (Å²) in [5.41, 5.74) is 2.48. The number of urea groups is 1. The maximum absolute atomic E-state index is 12.8. The van der Waals surface area contributed by atoms with Gasteiger partial charge in [0.1, 0.15) is 0 Å². The van der Waals surface area contributed by atoms with E-state index in [9.17, 15) is 14.4 Å². The van der Waals surface area contributed by atoms with Gasteiger partial charge < -0.3 is 25.6 Å². The molecular formula is C25H32N4O4. The number of nitrogens with one attached hydrogen (secondary N) is 3. The summed E-state index contributed by atoms with van der Waals surface area (Å²) in [7, 11) is 0. The average molecular weight is 453 g/mol. The lowest BCUT2D eigenvalue weighted by atomic mass is 10.1. The lowest BCUT2D eigenvalue weighted by Gasteiger charge is -2.35. The number of ether oxygens (including phenoxy) is 1. The summed E-state index contributed by atoms with van der Waals surface area (Å²) in [6, 6.07) is 13.7. The highest BCUT2D eigenvalue weighted by molar-refractivity contribution is 5.97. The first-order chi connectivity index (χ1) is 15.7. The monoisotopic (exact) mass is 452 g/mol.